The summed E-state index contributed by atoms with van der Waals surface area (Å²) in [6, 6.07) is 13.6. The molecule has 200 valence electrons. The second-order valence-corrected chi connectivity index (χ2v) is 12.8. The molecule has 0 aliphatic heterocycles. The molecule has 0 saturated heterocycles. The van der Waals surface area contributed by atoms with E-state index >= 15 is 0 Å². The van der Waals surface area contributed by atoms with Gasteiger partial charge in [-0.1, -0.05) is 23.9 Å². The Hall–Kier alpha value is -1.75. The first-order valence-corrected chi connectivity index (χ1v) is 15.0. The molecule has 0 spiro atoms. The topological polar surface area (TPSA) is 172 Å². The van der Waals surface area contributed by atoms with E-state index in [9.17, 15) is 31.0 Å². The molecule has 0 aliphatic carbocycles. The Kier molecular flexibility index (Phi) is 10.3. The number of fused-ring (bicyclic) bond motifs is 2. The summed E-state index contributed by atoms with van der Waals surface area (Å²) in [4.78, 5) is 3.06. The summed E-state index contributed by atoms with van der Waals surface area (Å²) in [6.07, 6.45) is 0. The number of hydrogen-bond acceptors (Lipinski definition) is 10. The maximum Gasteiger partial charge on any atom is 1.00 e. The van der Waals surface area contributed by atoms with Gasteiger partial charge in [-0.2, -0.15) is 13.5 Å². The summed E-state index contributed by atoms with van der Waals surface area (Å²) in [6.45, 7) is 5.76. The van der Waals surface area contributed by atoms with Crippen molar-refractivity contribution in [1.82, 2.24) is 4.98 Å². The summed E-state index contributed by atoms with van der Waals surface area (Å²) >= 11 is 1.54. The predicted molar refractivity (Wildman–Crippen MR) is 145 cm³/mol. The number of benzene rings is 4. The van der Waals surface area contributed by atoms with Crippen molar-refractivity contribution in [3.05, 3.63) is 71.3 Å². The van der Waals surface area contributed by atoms with E-state index in [2.05, 4.69) is 22.4 Å². The summed E-state index contributed by atoms with van der Waals surface area (Å²) in [5.41, 5.74) is 4.05. The SMILES string of the molecule is Cc1cc(C)c2nc(-c3ccc(N=Nc4c(S(=O)(=O)O)cc5cccc(S(=O)(=O)[O-])c5c4[O-])c(C)c3)sc2c1.[Na+].[Na+]. The third kappa shape index (κ3) is 6.76. The number of aromatic nitrogens is 1. The molecule has 0 bridgehead atoms. The quantitative estimate of drug-likeness (QED) is 0.157. The van der Waals surface area contributed by atoms with E-state index in [1.165, 1.54) is 23.5 Å². The number of nitrogens with zero attached hydrogens (tertiary/aromatic N) is 3. The van der Waals surface area contributed by atoms with Gasteiger partial charge in [-0.25, -0.2) is 13.4 Å². The van der Waals surface area contributed by atoms with Gasteiger partial charge < -0.3 is 9.66 Å². The third-order valence-electron chi connectivity index (χ3n) is 6.10. The smallest absolute Gasteiger partial charge is 0.870 e. The van der Waals surface area contributed by atoms with Crippen molar-refractivity contribution < 1.29 is 90.2 Å². The van der Waals surface area contributed by atoms with Crippen LogP contribution in [0, 0.1) is 20.8 Å². The Bertz CT molecular complexity index is 2080. The molecule has 0 amide bonds. The van der Waals surface area contributed by atoms with E-state index < -0.39 is 46.9 Å². The standard InChI is InChI=1S/C26H21N3O7S3.2Na/c1-13-9-15(3)23-19(10-13)37-26(27-23)17-7-8-18(14(2)11-17)28-29-24-21(39(34,35)36)12-16-5-4-6-20(38(31,32)33)22(16)25(24)30;;/h4-12,30H,1-3H3,(H,31,32,33)(H,34,35,36);;/q;2*+1/p-2. The Morgan fingerprint density at radius 1 is 0.878 bits per heavy atom. The number of azo groups is 1. The number of hydrogen-bond donors (Lipinski definition) is 1. The van der Waals surface area contributed by atoms with Crippen molar-refractivity contribution in [1.29, 1.82) is 0 Å². The van der Waals surface area contributed by atoms with Gasteiger partial charge in [0.05, 0.1) is 26.5 Å². The average molecular weight is 628 g/mol. The van der Waals surface area contributed by atoms with Crippen molar-refractivity contribution in [3.8, 4) is 16.3 Å². The Morgan fingerprint density at radius 3 is 2.22 bits per heavy atom. The molecule has 0 saturated carbocycles. The van der Waals surface area contributed by atoms with E-state index in [0.717, 1.165) is 44.0 Å². The molecule has 5 aromatic rings. The zero-order valence-corrected chi connectivity index (χ0v) is 29.1. The zero-order valence-electron chi connectivity index (χ0n) is 22.7. The van der Waals surface area contributed by atoms with Gasteiger partial charge in [-0.05, 0) is 84.6 Å². The molecule has 0 unspecified atom stereocenters. The molecule has 0 aliphatic rings. The van der Waals surface area contributed by atoms with Crippen LogP contribution in [0.25, 0.3) is 31.6 Å². The predicted octanol–water partition coefficient (Wildman–Crippen LogP) is -0.310. The van der Waals surface area contributed by atoms with Crippen molar-refractivity contribution >= 4 is 63.9 Å². The van der Waals surface area contributed by atoms with Gasteiger partial charge in [-0.3, -0.25) is 4.55 Å². The first-order valence-electron chi connectivity index (χ1n) is 11.3. The number of rotatable bonds is 5. The fraction of sp³-hybridized carbons (Fsp3) is 0.115. The Labute approximate surface area is 284 Å². The summed E-state index contributed by atoms with van der Waals surface area (Å²) in [5, 5.41) is 21.1. The van der Waals surface area contributed by atoms with Crippen LogP contribution in [-0.2, 0) is 20.2 Å². The van der Waals surface area contributed by atoms with E-state index in [1.807, 2.05) is 19.9 Å². The van der Waals surface area contributed by atoms with Gasteiger partial charge in [-0.15, -0.1) is 16.5 Å². The molecular formula is C26H19N3Na2O7S3. The molecule has 1 heterocycles. The average Bonchev–Trinajstić information content (AvgIpc) is 3.27. The third-order valence-corrected chi connectivity index (χ3v) is 8.90. The van der Waals surface area contributed by atoms with Gasteiger partial charge in [0.15, 0.2) is 0 Å². The first-order chi connectivity index (χ1) is 18.2. The van der Waals surface area contributed by atoms with Gasteiger partial charge in [0.2, 0.25) is 0 Å². The number of aryl methyl sites for hydroxylation is 3. The van der Waals surface area contributed by atoms with Crippen LogP contribution in [0.3, 0.4) is 0 Å². The van der Waals surface area contributed by atoms with Crippen molar-refractivity contribution in [2.45, 2.75) is 30.6 Å². The molecule has 15 heteroatoms. The molecular weight excluding hydrogens is 608 g/mol. The van der Waals surface area contributed by atoms with Crippen LogP contribution in [0.5, 0.6) is 5.75 Å². The van der Waals surface area contributed by atoms with E-state index in [1.54, 1.807) is 19.1 Å². The summed E-state index contributed by atoms with van der Waals surface area (Å²) in [7, 11) is -10.0. The van der Waals surface area contributed by atoms with Crippen LogP contribution in [0.15, 0.2) is 74.6 Å². The summed E-state index contributed by atoms with van der Waals surface area (Å²) in [5.74, 6) is -1.17. The molecule has 1 N–H and O–H groups in total. The van der Waals surface area contributed by atoms with Crippen LogP contribution >= 0.6 is 11.3 Å². The first kappa shape index (κ1) is 33.7. The maximum atomic E-state index is 13.2. The molecule has 0 atom stereocenters. The molecule has 10 nitrogen and oxygen atoms in total. The normalized spacial score (nSPS) is 12.0. The van der Waals surface area contributed by atoms with Crippen LogP contribution in [0.2, 0.25) is 0 Å². The van der Waals surface area contributed by atoms with E-state index in [4.69, 9.17) is 4.98 Å². The fourth-order valence-corrected chi connectivity index (χ4v) is 6.85. The van der Waals surface area contributed by atoms with E-state index in [-0.39, 0.29) is 70.2 Å². The number of thiazole rings is 1. The van der Waals surface area contributed by atoms with Crippen LogP contribution in [-0.4, -0.2) is 30.9 Å². The second-order valence-electron chi connectivity index (χ2n) is 8.98. The monoisotopic (exact) mass is 627 g/mol. The van der Waals surface area contributed by atoms with Gasteiger partial charge in [0, 0.05) is 5.56 Å². The Balaban J connectivity index is 0.00000231. The Morgan fingerprint density at radius 2 is 1.59 bits per heavy atom. The van der Waals surface area contributed by atoms with Gasteiger partial charge >= 0.3 is 59.1 Å². The zero-order chi connectivity index (χ0) is 28.3. The van der Waals surface area contributed by atoms with Crippen LogP contribution in [0.4, 0.5) is 11.4 Å². The van der Waals surface area contributed by atoms with Crippen molar-refractivity contribution in [3.63, 3.8) is 0 Å². The molecule has 0 fully saturated rings. The summed E-state index contributed by atoms with van der Waals surface area (Å²) < 4.78 is 70.1. The second kappa shape index (κ2) is 12.5. The molecule has 4 aromatic carbocycles. The largest absolute Gasteiger partial charge is 1.00 e. The fourth-order valence-electron chi connectivity index (χ4n) is 4.35. The molecule has 0 radical (unpaired) electrons. The van der Waals surface area contributed by atoms with Crippen molar-refractivity contribution in [2.75, 3.05) is 0 Å². The molecule has 41 heavy (non-hydrogen) atoms. The van der Waals surface area contributed by atoms with Gasteiger partial charge in [0.1, 0.15) is 20.0 Å². The molecule has 1 aromatic heterocycles. The molecule has 5 rings (SSSR count). The minimum atomic E-state index is -5.08. The minimum Gasteiger partial charge on any atom is -0.870 e. The van der Waals surface area contributed by atoms with Crippen LogP contribution < -0.4 is 64.2 Å². The van der Waals surface area contributed by atoms with Gasteiger partial charge in [0.25, 0.3) is 10.1 Å². The maximum absolute atomic E-state index is 13.2. The van der Waals surface area contributed by atoms with Crippen LogP contribution in [0.1, 0.15) is 16.7 Å². The van der Waals surface area contributed by atoms with Crippen molar-refractivity contribution in [2.24, 2.45) is 10.2 Å². The van der Waals surface area contributed by atoms with E-state index in [0.29, 0.717) is 5.56 Å². The minimum absolute atomic E-state index is 0.